The van der Waals surface area contributed by atoms with E-state index in [1.54, 1.807) is 6.92 Å². The molecule has 0 heterocycles. The summed E-state index contributed by atoms with van der Waals surface area (Å²) in [6, 6.07) is 7.75. The monoisotopic (exact) mass is 344 g/mol. The molecule has 0 saturated heterocycles. The fraction of sp³-hybridized carbons (Fsp3) is 0.591. The van der Waals surface area contributed by atoms with Crippen LogP contribution in [0.15, 0.2) is 30.3 Å². The first kappa shape index (κ1) is 19.6. The summed E-state index contributed by atoms with van der Waals surface area (Å²) >= 11 is 0. The second kappa shape index (κ2) is 10.3. The Labute approximate surface area is 152 Å². The molecule has 0 bridgehead atoms. The Hall–Kier alpha value is -1.77. The van der Waals surface area contributed by atoms with Gasteiger partial charge in [0.25, 0.3) is 0 Å². The molecule has 0 amide bonds. The van der Waals surface area contributed by atoms with Crippen LogP contribution in [0.25, 0.3) is 5.57 Å². The normalized spacial score (nSPS) is 18.4. The Balaban J connectivity index is 1.87. The standard InChI is InChI=1S/C22H32O3/c1-4-6-7-8-17(3)18-9-11-19(12-10-18)20-13-15-21(16-14-20)25-22(23)24-5-2/h11,13-18H,4-10,12H2,1-3H3. The minimum Gasteiger partial charge on any atom is -0.434 e. The minimum atomic E-state index is -0.646. The Morgan fingerprint density at radius 2 is 1.96 bits per heavy atom. The molecule has 0 radical (unpaired) electrons. The molecular formula is C22H32O3. The van der Waals surface area contributed by atoms with E-state index in [-0.39, 0.29) is 0 Å². The Morgan fingerprint density at radius 1 is 1.20 bits per heavy atom. The van der Waals surface area contributed by atoms with Crippen molar-refractivity contribution in [2.45, 2.75) is 65.7 Å². The third-order valence-corrected chi connectivity index (χ3v) is 5.21. The molecule has 0 aliphatic heterocycles. The lowest BCUT2D eigenvalue weighted by Gasteiger charge is -2.27. The molecule has 0 N–H and O–H groups in total. The van der Waals surface area contributed by atoms with Crippen molar-refractivity contribution >= 4 is 11.7 Å². The highest BCUT2D eigenvalue weighted by Crippen LogP contribution is 2.36. The molecule has 1 aliphatic rings. The van der Waals surface area contributed by atoms with Crippen LogP contribution in [0, 0.1) is 11.8 Å². The third-order valence-electron chi connectivity index (χ3n) is 5.21. The van der Waals surface area contributed by atoms with E-state index in [1.807, 2.05) is 24.3 Å². The fourth-order valence-corrected chi connectivity index (χ4v) is 3.57. The number of carbonyl (C=O) groups excluding carboxylic acids is 1. The van der Waals surface area contributed by atoms with Crippen LogP contribution in [0.4, 0.5) is 4.79 Å². The zero-order chi connectivity index (χ0) is 18.1. The lowest BCUT2D eigenvalue weighted by atomic mass is 9.78. The Bertz CT molecular complexity index is 559. The minimum absolute atomic E-state index is 0.321. The third kappa shape index (κ3) is 6.22. The number of carbonyl (C=O) groups is 1. The van der Waals surface area contributed by atoms with E-state index in [0.717, 1.165) is 18.3 Å². The van der Waals surface area contributed by atoms with Crippen molar-refractivity contribution in [2.75, 3.05) is 6.61 Å². The van der Waals surface area contributed by atoms with Gasteiger partial charge in [-0.25, -0.2) is 4.79 Å². The van der Waals surface area contributed by atoms with Crippen molar-refractivity contribution in [2.24, 2.45) is 11.8 Å². The SMILES string of the molecule is CCCCCC(C)C1CC=C(c2ccc(OC(=O)OCC)cc2)CC1. The molecule has 1 aromatic carbocycles. The van der Waals surface area contributed by atoms with Crippen molar-refractivity contribution < 1.29 is 14.3 Å². The maximum absolute atomic E-state index is 11.3. The van der Waals surface area contributed by atoms with Gasteiger partial charge in [0, 0.05) is 0 Å². The van der Waals surface area contributed by atoms with E-state index in [4.69, 9.17) is 9.47 Å². The number of benzene rings is 1. The summed E-state index contributed by atoms with van der Waals surface area (Å²) in [6.07, 6.45) is 10.8. The molecule has 3 heteroatoms. The van der Waals surface area contributed by atoms with Gasteiger partial charge in [0.2, 0.25) is 0 Å². The summed E-state index contributed by atoms with van der Waals surface area (Å²) in [5, 5.41) is 0. The average Bonchev–Trinajstić information content (AvgIpc) is 2.63. The van der Waals surface area contributed by atoms with E-state index < -0.39 is 6.16 Å². The summed E-state index contributed by atoms with van der Waals surface area (Å²) in [4.78, 5) is 11.3. The predicted molar refractivity (Wildman–Crippen MR) is 103 cm³/mol. The largest absolute Gasteiger partial charge is 0.513 e. The van der Waals surface area contributed by atoms with Crippen molar-refractivity contribution in [3.63, 3.8) is 0 Å². The molecular weight excluding hydrogens is 312 g/mol. The second-order valence-corrected chi connectivity index (χ2v) is 7.05. The van der Waals surface area contributed by atoms with Crippen molar-refractivity contribution in [1.82, 2.24) is 0 Å². The summed E-state index contributed by atoms with van der Waals surface area (Å²) in [5.74, 6) is 2.18. The van der Waals surface area contributed by atoms with Gasteiger partial charge in [-0.1, -0.05) is 57.7 Å². The fourth-order valence-electron chi connectivity index (χ4n) is 3.57. The van der Waals surface area contributed by atoms with Gasteiger partial charge < -0.3 is 9.47 Å². The van der Waals surface area contributed by atoms with E-state index >= 15 is 0 Å². The summed E-state index contributed by atoms with van der Waals surface area (Å²) in [7, 11) is 0. The van der Waals surface area contributed by atoms with Crippen molar-refractivity contribution in [1.29, 1.82) is 0 Å². The maximum atomic E-state index is 11.3. The molecule has 2 atom stereocenters. The molecule has 0 saturated carbocycles. The molecule has 2 unspecified atom stereocenters. The van der Waals surface area contributed by atoms with Gasteiger partial charge in [-0.15, -0.1) is 0 Å². The highest BCUT2D eigenvalue weighted by Gasteiger charge is 2.20. The Morgan fingerprint density at radius 3 is 2.56 bits per heavy atom. The van der Waals surface area contributed by atoms with Crippen LogP contribution in [-0.4, -0.2) is 12.8 Å². The number of hydrogen-bond donors (Lipinski definition) is 0. The number of unbranched alkanes of at least 4 members (excludes halogenated alkanes) is 2. The smallest absolute Gasteiger partial charge is 0.434 e. The van der Waals surface area contributed by atoms with E-state index in [2.05, 4.69) is 19.9 Å². The zero-order valence-corrected chi connectivity index (χ0v) is 15.9. The zero-order valence-electron chi connectivity index (χ0n) is 15.9. The predicted octanol–water partition coefficient (Wildman–Crippen LogP) is 6.62. The lowest BCUT2D eigenvalue weighted by molar-refractivity contribution is 0.104. The first-order chi connectivity index (χ1) is 12.1. The molecule has 0 fully saturated rings. The first-order valence-electron chi connectivity index (χ1n) is 9.78. The van der Waals surface area contributed by atoms with E-state index in [9.17, 15) is 4.79 Å². The molecule has 25 heavy (non-hydrogen) atoms. The van der Waals surface area contributed by atoms with Gasteiger partial charge in [0.15, 0.2) is 0 Å². The topological polar surface area (TPSA) is 35.5 Å². The molecule has 0 aromatic heterocycles. The van der Waals surface area contributed by atoms with Gasteiger partial charge in [0.05, 0.1) is 6.61 Å². The van der Waals surface area contributed by atoms with E-state index in [1.165, 1.54) is 49.7 Å². The number of ether oxygens (including phenoxy) is 2. The Kier molecular flexibility index (Phi) is 8.03. The number of allylic oxidation sites excluding steroid dienone is 2. The van der Waals surface area contributed by atoms with Crippen LogP contribution in [-0.2, 0) is 4.74 Å². The highest BCUT2D eigenvalue weighted by atomic mass is 16.7. The molecule has 138 valence electrons. The van der Waals surface area contributed by atoms with Crippen LogP contribution in [0.3, 0.4) is 0 Å². The van der Waals surface area contributed by atoms with Gasteiger partial charge in [-0.2, -0.15) is 0 Å². The van der Waals surface area contributed by atoms with Gasteiger partial charge >= 0.3 is 6.16 Å². The van der Waals surface area contributed by atoms with Crippen molar-refractivity contribution in [3.8, 4) is 5.75 Å². The van der Waals surface area contributed by atoms with Crippen LogP contribution in [0.2, 0.25) is 0 Å². The average molecular weight is 344 g/mol. The van der Waals surface area contributed by atoms with E-state index in [0.29, 0.717) is 12.4 Å². The van der Waals surface area contributed by atoms with Crippen LogP contribution < -0.4 is 4.74 Å². The van der Waals surface area contributed by atoms with Crippen LogP contribution in [0.5, 0.6) is 5.75 Å². The van der Waals surface area contributed by atoms with Gasteiger partial charge in [-0.05, 0) is 61.3 Å². The number of hydrogen-bond acceptors (Lipinski definition) is 3. The van der Waals surface area contributed by atoms with Crippen LogP contribution >= 0.6 is 0 Å². The molecule has 0 spiro atoms. The first-order valence-corrected chi connectivity index (χ1v) is 9.78. The quantitative estimate of drug-likeness (QED) is 0.302. The van der Waals surface area contributed by atoms with Crippen LogP contribution in [0.1, 0.15) is 71.3 Å². The lowest BCUT2D eigenvalue weighted by Crippen LogP contribution is -2.14. The molecule has 1 aliphatic carbocycles. The van der Waals surface area contributed by atoms with Gasteiger partial charge in [0.1, 0.15) is 5.75 Å². The summed E-state index contributed by atoms with van der Waals surface area (Å²) in [5.41, 5.74) is 2.65. The van der Waals surface area contributed by atoms with Crippen molar-refractivity contribution in [3.05, 3.63) is 35.9 Å². The summed E-state index contributed by atoms with van der Waals surface area (Å²) in [6.45, 7) is 6.77. The number of rotatable bonds is 8. The molecule has 2 rings (SSSR count). The summed E-state index contributed by atoms with van der Waals surface area (Å²) < 4.78 is 9.90. The maximum Gasteiger partial charge on any atom is 0.513 e. The molecule has 3 nitrogen and oxygen atoms in total. The van der Waals surface area contributed by atoms with Gasteiger partial charge in [-0.3, -0.25) is 0 Å². The second-order valence-electron chi connectivity index (χ2n) is 7.05. The highest BCUT2D eigenvalue weighted by molar-refractivity contribution is 5.68. The molecule has 1 aromatic rings.